The molecule has 2 amide bonds. The van der Waals surface area contributed by atoms with E-state index in [-0.39, 0.29) is 24.5 Å². The highest BCUT2D eigenvalue weighted by molar-refractivity contribution is 5.78. The zero-order valence-corrected chi connectivity index (χ0v) is 16.6. The number of carbonyl (C=O) groups is 2. The van der Waals surface area contributed by atoms with Gasteiger partial charge < -0.3 is 14.5 Å². The maximum absolute atomic E-state index is 12.8. The Morgan fingerprint density at radius 1 is 1.21 bits per heavy atom. The van der Waals surface area contributed by atoms with Crippen LogP contribution in [0.1, 0.15) is 49.3 Å². The van der Waals surface area contributed by atoms with Gasteiger partial charge in [-0.2, -0.15) is 0 Å². The SMILES string of the molecule is CC(=O)N1CCc2nc(C3CCCCN3C(=O)COc3ccccn3)ncc2C1. The topological polar surface area (TPSA) is 88.5 Å². The number of carbonyl (C=O) groups excluding carboxylic acids is 2. The normalized spacial score (nSPS) is 18.9. The van der Waals surface area contributed by atoms with Crippen molar-refractivity contribution in [2.45, 2.75) is 45.2 Å². The Labute approximate surface area is 169 Å². The lowest BCUT2D eigenvalue weighted by atomic mass is 10.00. The molecular formula is C21H25N5O3. The van der Waals surface area contributed by atoms with Crippen molar-refractivity contribution in [3.8, 4) is 5.88 Å². The first-order chi connectivity index (χ1) is 14.1. The summed E-state index contributed by atoms with van der Waals surface area (Å²) in [6.07, 6.45) is 7.01. The summed E-state index contributed by atoms with van der Waals surface area (Å²) < 4.78 is 5.55. The zero-order chi connectivity index (χ0) is 20.2. The van der Waals surface area contributed by atoms with Crippen LogP contribution in [0.4, 0.5) is 0 Å². The van der Waals surface area contributed by atoms with Gasteiger partial charge in [-0.3, -0.25) is 9.59 Å². The molecule has 0 aliphatic carbocycles. The molecule has 2 aromatic heterocycles. The van der Waals surface area contributed by atoms with Crippen LogP contribution in [0.3, 0.4) is 0 Å². The van der Waals surface area contributed by atoms with Crippen LogP contribution in [-0.4, -0.2) is 56.3 Å². The van der Waals surface area contributed by atoms with Crippen LogP contribution < -0.4 is 4.74 Å². The molecule has 1 unspecified atom stereocenters. The van der Waals surface area contributed by atoms with E-state index in [9.17, 15) is 9.59 Å². The van der Waals surface area contributed by atoms with Gasteiger partial charge in [0.2, 0.25) is 11.8 Å². The maximum Gasteiger partial charge on any atom is 0.261 e. The van der Waals surface area contributed by atoms with E-state index >= 15 is 0 Å². The second kappa shape index (κ2) is 8.55. The first kappa shape index (κ1) is 19.3. The highest BCUT2D eigenvalue weighted by atomic mass is 16.5. The van der Waals surface area contributed by atoms with Gasteiger partial charge in [0, 0.05) is 57.0 Å². The molecule has 0 spiro atoms. The van der Waals surface area contributed by atoms with Crippen LogP contribution in [0.5, 0.6) is 5.88 Å². The van der Waals surface area contributed by atoms with Crippen LogP contribution in [0, 0.1) is 0 Å². The summed E-state index contributed by atoms with van der Waals surface area (Å²) in [5.41, 5.74) is 1.97. The van der Waals surface area contributed by atoms with Crippen molar-refractivity contribution in [1.29, 1.82) is 0 Å². The molecule has 0 radical (unpaired) electrons. The van der Waals surface area contributed by atoms with E-state index < -0.39 is 0 Å². The van der Waals surface area contributed by atoms with Gasteiger partial charge in [0.05, 0.1) is 11.7 Å². The predicted molar refractivity (Wildman–Crippen MR) is 105 cm³/mol. The third-order valence-electron chi connectivity index (χ3n) is 5.50. The molecule has 0 N–H and O–H groups in total. The van der Waals surface area contributed by atoms with Crippen LogP contribution in [0.15, 0.2) is 30.6 Å². The monoisotopic (exact) mass is 395 g/mol. The average Bonchev–Trinajstić information content (AvgIpc) is 2.77. The Morgan fingerprint density at radius 3 is 2.90 bits per heavy atom. The number of amides is 2. The number of aromatic nitrogens is 3. The number of fused-ring (bicyclic) bond motifs is 1. The summed E-state index contributed by atoms with van der Waals surface area (Å²) >= 11 is 0. The van der Waals surface area contributed by atoms with Crippen LogP contribution in [-0.2, 0) is 22.6 Å². The predicted octanol–water partition coefficient (Wildman–Crippen LogP) is 1.91. The second-order valence-electron chi connectivity index (χ2n) is 7.45. The number of piperidine rings is 1. The highest BCUT2D eigenvalue weighted by Gasteiger charge is 2.31. The van der Waals surface area contributed by atoms with Gasteiger partial charge in [0.1, 0.15) is 0 Å². The van der Waals surface area contributed by atoms with Crippen molar-refractivity contribution in [3.63, 3.8) is 0 Å². The lowest BCUT2D eigenvalue weighted by Crippen LogP contribution is -2.42. The standard InChI is InChI=1S/C21H25N5O3/c1-15(27)25-11-8-17-16(13-25)12-23-21(24-17)18-6-3-5-10-26(18)20(28)14-29-19-7-2-4-9-22-19/h2,4,7,9,12,18H,3,5-6,8,10-11,13-14H2,1H3. The van der Waals surface area contributed by atoms with Gasteiger partial charge >= 0.3 is 0 Å². The number of rotatable bonds is 4. The van der Waals surface area contributed by atoms with Gasteiger partial charge in [0.15, 0.2) is 12.4 Å². The van der Waals surface area contributed by atoms with Crippen molar-refractivity contribution < 1.29 is 14.3 Å². The number of hydrogen-bond acceptors (Lipinski definition) is 6. The molecular weight excluding hydrogens is 370 g/mol. The molecule has 152 valence electrons. The summed E-state index contributed by atoms with van der Waals surface area (Å²) in [7, 11) is 0. The lowest BCUT2D eigenvalue weighted by molar-refractivity contribution is -0.137. The zero-order valence-electron chi connectivity index (χ0n) is 16.6. The Balaban J connectivity index is 1.47. The van der Waals surface area contributed by atoms with Crippen molar-refractivity contribution >= 4 is 11.8 Å². The fourth-order valence-corrected chi connectivity index (χ4v) is 3.91. The molecule has 2 aliphatic rings. The van der Waals surface area contributed by atoms with Gasteiger partial charge in [-0.15, -0.1) is 0 Å². The minimum atomic E-state index is -0.139. The lowest BCUT2D eigenvalue weighted by Gasteiger charge is -2.35. The third kappa shape index (κ3) is 4.36. The van der Waals surface area contributed by atoms with Crippen molar-refractivity contribution in [1.82, 2.24) is 24.8 Å². The van der Waals surface area contributed by atoms with Crippen molar-refractivity contribution in [3.05, 3.63) is 47.7 Å². The molecule has 0 aromatic carbocycles. The smallest absolute Gasteiger partial charge is 0.261 e. The number of ether oxygens (including phenoxy) is 1. The molecule has 1 fully saturated rings. The van der Waals surface area contributed by atoms with E-state index in [0.717, 1.165) is 30.5 Å². The van der Waals surface area contributed by atoms with Gasteiger partial charge in [-0.1, -0.05) is 6.07 Å². The van der Waals surface area contributed by atoms with E-state index in [1.54, 1.807) is 30.2 Å². The van der Waals surface area contributed by atoms with E-state index in [1.807, 2.05) is 17.2 Å². The summed E-state index contributed by atoms with van der Waals surface area (Å²) in [5.74, 6) is 1.11. The van der Waals surface area contributed by atoms with E-state index in [2.05, 4.69) is 9.97 Å². The molecule has 4 rings (SSSR count). The van der Waals surface area contributed by atoms with Crippen LogP contribution >= 0.6 is 0 Å². The minimum Gasteiger partial charge on any atom is -0.468 e. The molecule has 4 heterocycles. The first-order valence-electron chi connectivity index (χ1n) is 10.1. The number of likely N-dealkylation sites (tertiary alicyclic amines) is 1. The summed E-state index contributed by atoms with van der Waals surface area (Å²) in [6.45, 7) is 3.43. The molecule has 1 atom stereocenters. The van der Waals surface area contributed by atoms with Crippen LogP contribution in [0.2, 0.25) is 0 Å². The summed E-state index contributed by atoms with van der Waals surface area (Å²) in [5, 5.41) is 0. The molecule has 8 heteroatoms. The quantitative estimate of drug-likeness (QED) is 0.786. The number of hydrogen-bond donors (Lipinski definition) is 0. The van der Waals surface area contributed by atoms with Gasteiger partial charge in [-0.05, 0) is 25.3 Å². The Morgan fingerprint density at radius 2 is 2.10 bits per heavy atom. The fourth-order valence-electron chi connectivity index (χ4n) is 3.91. The Bertz CT molecular complexity index is 889. The summed E-state index contributed by atoms with van der Waals surface area (Å²) in [4.78, 5) is 41.5. The van der Waals surface area contributed by atoms with Crippen molar-refractivity contribution in [2.75, 3.05) is 19.7 Å². The fraction of sp³-hybridized carbons (Fsp3) is 0.476. The Kier molecular flexibility index (Phi) is 5.69. The molecule has 8 nitrogen and oxygen atoms in total. The van der Waals surface area contributed by atoms with E-state index in [4.69, 9.17) is 9.72 Å². The number of pyridine rings is 1. The van der Waals surface area contributed by atoms with Gasteiger partial charge in [0.25, 0.3) is 5.91 Å². The molecule has 0 bridgehead atoms. The molecule has 29 heavy (non-hydrogen) atoms. The van der Waals surface area contributed by atoms with E-state index in [0.29, 0.717) is 37.8 Å². The minimum absolute atomic E-state index is 0.0496. The van der Waals surface area contributed by atoms with Crippen LogP contribution in [0.25, 0.3) is 0 Å². The van der Waals surface area contributed by atoms with E-state index in [1.165, 1.54) is 0 Å². The summed E-state index contributed by atoms with van der Waals surface area (Å²) in [6, 6.07) is 5.22. The highest BCUT2D eigenvalue weighted by Crippen LogP contribution is 2.30. The first-order valence-corrected chi connectivity index (χ1v) is 10.1. The second-order valence-corrected chi connectivity index (χ2v) is 7.45. The number of nitrogens with zero attached hydrogens (tertiary/aromatic N) is 5. The maximum atomic E-state index is 12.8. The molecule has 1 saturated heterocycles. The molecule has 2 aromatic rings. The Hall–Kier alpha value is -3.03. The molecule has 0 saturated carbocycles. The van der Waals surface area contributed by atoms with Gasteiger partial charge in [-0.25, -0.2) is 15.0 Å². The van der Waals surface area contributed by atoms with Crippen molar-refractivity contribution in [2.24, 2.45) is 0 Å². The molecule has 2 aliphatic heterocycles. The average molecular weight is 395 g/mol. The largest absolute Gasteiger partial charge is 0.468 e. The third-order valence-corrected chi connectivity index (χ3v) is 5.50.